The highest BCUT2D eigenvalue weighted by Gasteiger charge is 2.07. The van der Waals surface area contributed by atoms with Gasteiger partial charge in [-0.2, -0.15) is 0 Å². The lowest BCUT2D eigenvalue weighted by Crippen LogP contribution is -1.83. The summed E-state index contributed by atoms with van der Waals surface area (Å²) < 4.78 is 2.51. The van der Waals surface area contributed by atoms with E-state index >= 15 is 0 Å². The zero-order chi connectivity index (χ0) is 10.3. The zero-order valence-electron chi connectivity index (χ0n) is 7.59. The Labute approximate surface area is 95.0 Å². The molecule has 0 N–H and O–H groups in total. The number of nitrogens with zero attached hydrogens (tertiary/aromatic N) is 3. The van der Waals surface area contributed by atoms with Gasteiger partial charge < -0.3 is 0 Å². The van der Waals surface area contributed by atoms with Crippen molar-refractivity contribution in [1.82, 2.24) is 14.6 Å². The lowest BCUT2D eigenvalue weighted by Gasteiger charge is -1.85. The third-order valence-corrected chi connectivity index (χ3v) is 3.26. The molecule has 15 heavy (non-hydrogen) atoms. The van der Waals surface area contributed by atoms with Gasteiger partial charge in [-0.15, -0.1) is 16.4 Å². The number of rotatable bonds is 1. The van der Waals surface area contributed by atoms with E-state index in [0.717, 1.165) is 20.7 Å². The number of thiophene rings is 1. The van der Waals surface area contributed by atoms with Crippen LogP contribution >= 0.6 is 22.9 Å². The standard InChI is InChI=1S/C10H6ClN3S/c11-8-5-4-7(15-8)10-12-9-3-1-2-6-14(9)13-10/h1-6H. The number of aromatic nitrogens is 3. The zero-order valence-corrected chi connectivity index (χ0v) is 9.16. The predicted octanol–water partition coefficient (Wildman–Crippen LogP) is 3.11. The Balaban J connectivity index is 2.19. The number of fused-ring (bicyclic) bond motifs is 1. The van der Waals surface area contributed by atoms with Gasteiger partial charge in [-0.1, -0.05) is 17.7 Å². The highest BCUT2D eigenvalue weighted by atomic mass is 35.5. The monoisotopic (exact) mass is 235 g/mol. The van der Waals surface area contributed by atoms with Gasteiger partial charge in [0.05, 0.1) is 9.21 Å². The molecule has 0 unspecified atom stereocenters. The number of pyridine rings is 1. The molecule has 3 aromatic heterocycles. The molecule has 0 bridgehead atoms. The second-order valence-electron chi connectivity index (χ2n) is 3.04. The van der Waals surface area contributed by atoms with Crippen LogP contribution in [0.5, 0.6) is 0 Å². The highest BCUT2D eigenvalue weighted by molar-refractivity contribution is 7.19. The van der Waals surface area contributed by atoms with Crippen LogP contribution in [0.3, 0.4) is 0 Å². The summed E-state index contributed by atoms with van der Waals surface area (Å²) in [6, 6.07) is 9.57. The van der Waals surface area contributed by atoms with Crippen LogP contribution in [0.15, 0.2) is 36.5 Å². The molecule has 0 saturated heterocycles. The fourth-order valence-corrected chi connectivity index (χ4v) is 2.34. The molecular weight excluding hydrogens is 230 g/mol. The van der Waals surface area contributed by atoms with Crippen LogP contribution in [0.2, 0.25) is 4.34 Å². The Morgan fingerprint density at radius 3 is 2.87 bits per heavy atom. The first-order chi connectivity index (χ1) is 7.33. The molecule has 3 aromatic rings. The molecule has 3 heterocycles. The van der Waals surface area contributed by atoms with E-state index in [0.29, 0.717) is 0 Å². The summed E-state index contributed by atoms with van der Waals surface area (Å²) in [6.07, 6.45) is 1.88. The van der Waals surface area contributed by atoms with Crippen molar-refractivity contribution in [2.24, 2.45) is 0 Å². The molecular formula is C10H6ClN3S. The third-order valence-electron chi connectivity index (χ3n) is 2.03. The first-order valence-corrected chi connectivity index (χ1v) is 5.59. The second-order valence-corrected chi connectivity index (χ2v) is 4.76. The van der Waals surface area contributed by atoms with E-state index in [9.17, 15) is 0 Å². The average Bonchev–Trinajstić information content (AvgIpc) is 2.82. The van der Waals surface area contributed by atoms with Gasteiger partial charge in [0.25, 0.3) is 0 Å². The van der Waals surface area contributed by atoms with Gasteiger partial charge in [0.1, 0.15) is 0 Å². The van der Waals surface area contributed by atoms with Crippen LogP contribution in [-0.4, -0.2) is 14.6 Å². The normalized spacial score (nSPS) is 11.0. The Morgan fingerprint density at radius 1 is 1.20 bits per heavy atom. The Morgan fingerprint density at radius 2 is 2.13 bits per heavy atom. The van der Waals surface area contributed by atoms with Crippen molar-refractivity contribution >= 4 is 28.6 Å². The van der Waals surface area contributed by atoms with E-state index < -0.39 is 0 Å². The summed E-state index contributed by atoms with van der Waals surface area (Å²) in [6.45, 7) is 0. The van der Waals surface area contributed by atoms with Gasteiger partial charge in [-0.05, 0) is 24.3 Å². The smallest absolute Gasteiger partial charge is 0.192 e. The quantitative estimate of drug-likeness (QED) is 0.649. The molecule has 0 amide bonds. The molecule has 0 radical (unpaired) electrons. The molecule has 3 rings (SSSR count). The molecule has 0 aliphatic carbocycles. The molecule has 0 atom stereocenters. The lowest BCUT2D eigenvalue weighted by molar-refractivity contribution is 0.967. The minimum atomic E-state index is 0.720. The summed E-state index contributed by atoms with van der Waals surface area (Å²) in [5, 5.41) is 4.35. The summed E-state index contributed by atoms with van der Waals surface area (Å²) in [4.78, 5) is 5.39. The summed E-state index contributed by atoms with van der Waals surface area (Å²) in [5.41, 5.74) is 0.844. The van der Waals surface area contributed by atoms with Crippen LogP contribution in [0.25, 0.3) is 16.3 Å². The molecule has 0 aliphatic rings. The Kier molecular flexibility index (Phi) is 1.97. The lowest BCUT2D eigenvalue weighted by atomic mass is 10.4. The van der Waals surface area contributed by atoms with E-state index in [4.69, 9.17) is 11.6 Å². The number of hydrogen-bond acceptors (Lipinski definition) is 3. The first-order valence-electron chi connectivity index (χ1n) is 4.40. The van der Waals surface area contributed by atoms with Crippen LogP contribution < -0.4 is 0 Å². The minimum absolute atomic E-state index is 0.720. The fraction of sp³-hybridized carbons (Fsp3) is 0. The molecule has 3 nitrogen and oxygen atoms in total. The van der Waals surface area contributed by atoms with Crippen molar-refractivity contribution in [2.45, 2.75) is 0 Å². The summed E-state index contributed by atoms with van der Waals surface area (Å²) in [5.74, 6) is 0.720. The van der Waals surface area contributed by atoms with Crippen molar-refractivity contribution < 1.29 is 0 Å². The Bertz CT molecular complexity index is 581. The third kappa shape index (κ3) is 1.52. The van der Waals surface area contributed by atoms with Crippen LogP contribution in [0, 0.1) is 0 Å². The average molecular weight is 236 g/mol. The molecule has 0 fully saturated rings. The topological polar surface area (TPSA) is 30.2 Å². The molecule has 0 spiro atoms. The van der Waals surface area contributed by atoms with E-state index in [1.807, 2.05) is 36.5 Å². The van der Waals surface area contributed by atoms with Gasteiger partial charge >= 0.3 is 0 Å². The molecule has 0 aliphatic heterocycles. The molecule has 0 saturated carbocycles. The van der Waals surface area contributed by atoms with Crippen molar-refractivity contribution in [3.63, 3.8) is 0 Å². The maximum atomic E-state index is 5.87. The summed E-state index contributed by atoms with van der Waals surface area (Å²) >= 11 is 7.35. The van der Waals surface area contributed by atoms with E-state index in [1.54, 1.807) is 4.52 Å². The van der Waals surface area contributed by atoms with Gasteiger partial charge in [0.15, 0.2) is 11.5 Å². The van der Waals surface area contributed by atoms with Gasteiger partial charge in [-0.25, -0.2) is 9.50 Å². The van der Waals surface area contributed by atoms with Crippen LogP contribution in [0.4, 0.5) is 0 Å². The van der Waals surface area contributed by atoms with E-state index in [1.165, 1.54) is 11.3 Å². The maximum absolute atomic E-state index is 5.87. The van der Waals surface area contributed by atoms with Gasteiger partial charge in [0.2, 0.25) is 0 Å². The molecule has 5 heteroatoms. The largest absolute Gasteiger partial charge is 0.221 e. The Hall–Kier alpha value is -1.39. The molecule has 74 valence electrons. The van der Waals surface area contributed by atoms with Gasteiger partial charge in [-0.3, -0.25) is 0 Å². The SMILES string of the molecule is Clc1ccc(-c2nc3ccccn3n2)s1. The van der Waals surface area contributed by atoms with E-state index in [-0.39, 0.29) is 0 Å². The van der Waals surface area contributed by atoms with Crippen molar-refractivity contribution in [3.05, 3.63) is 40.9 Å². The fourth-order valence-electron chi connectivity index (χ4n) is 1.37. The van der Waals surface area contributed by atoms with Crippen molar-refractivity contribution in [1.29, 1.82) is 0 Å². The number of halogens is 1. The second kappa shape index (κ2) is 3.32. The minimum Gasteiger partial charge on any atom is -0.221 e. The summed E-state index contributed by atoms with van der Waals surface area (Å²) in [7, 11) is 0. The van der Waals surface area contributed by atoms with E-state index in [2.05, 4.69) is 10.1 Å². The predicted molar refractivity (Wildman–Crippen MR) is 61.3 cm³/mol. The molecule has 0 aromatic carbocycles. The van der Waals surface area contributed by atoms with Crippen molar-refractivity contribution in [2.75, 3.05) is 0 Å². The van der Waals surface area contributed by atoms with Crippen molar-refractivity contribution in [3.8, 4) is 10.7 Å². The number of hydrogen-bond donors (Lipinski definition) is 0. The first kappa shape index (κ1) is 8.88. The van der Waals surface area contributed by atoms with Crippen LogP contribution in [-0.2, 0) is 0 Å². The van der Waals surface area contributed by atoms with Crippen LogP contribution in [0.1, 0.15) is 0 Å². The highest BCUT2D eigenvalue weighted by Crippen LogP contribution is 2.28. The maximum Gasteiger partial charge on any atom is 0.192 e. The van der Waals surface area contributed by atoms with Gasteiger partial charge in [0, 0.05) is 6.20 Å².